The van der Waals surface area contributed by atoms with Crippen LogP contribution in [0.1, 0.15) is 327 Å². The van der Waals surface area contributed by atoms with E-state index in [-0.39, 0.29) is 37.7 Å². The quantitative estimate of drug-likeness (QED) is 0.0208. The number of nitrogens with zero attached hydrogens (tertiary/aromatic N) is 1. The van der Waals surface area contributed by atoms with E-state index in [1.807, 2.05) is 6.07 Å². The summed E-state index contributed by atoms with van der Waals surface area (Å²) in [5.41, 5.74) is 2.66. The highest BCUT2D eigenvalue weighted by Crippen LogP contribution is 2.54. The van der Waals surface area contributed by atoms with Gasteiger partial charge in [-0.05, 0) is 48.9 Å². The Bertz CT molecular complexity index is 1960. The first-order chi connectivity index (χ1) is 40.5. The molecular formula is C69H120NO12P. The summed E-state index contributed by atoms with van der Waals surface area (Å²) in [6, 6.07) is 3.30. The number of hydrogen-bond acceptors (Lipinski definition) is 12. The Morgan fingerprint density at radius 1 is 0.566 bits per heavy atom. The second kappa shape index (κ2) is 45.3. The van der Waals surface area contributed by atoms with Crippen molar-refractivity contribution in [1.82, 2.24) is 4.90 Å². The van der Waals surface area contributed by atoms with Crippen LogP contribution in [0.2, 0.25) is 0 Å². The molecule has 3 aliphatic rings. The van der Waals surface area contributed by atoms with Gasteiger partial charge in [-0.2, -0.15) is 0 Å². The maximum Gasteiger partial charge on any atom is 0.473 e. The lowest BCUT2D eigenvalue weighted by Crippen LogP contribution is -2.52. The predicted molar refractivity (Wildman–Crippen MR) is 336 cm³/mol. The number of fused-ring (bicyclic) bond motifs is 2. The van der Waals surface area contributed by atoms with E-state index in [9.17, 15) is 28.9 Å². The van der Waals surface area contributed by atoms with Gasteiger partial charge < -0.3 is 28.9 Å². The van der Waals surface area contributed by atoms with Crippen molar-refractivity contribution in [3.8, 4) is 11.5 Å². The predicted octanol–water partition coefficient (Wildman–Crippen LogP) is 19.1. The second-order valence-corrected chi connectivity index (χ2v) is 26.3. The summed E-state index contributed by atoms with van der Waals surface area (Å²) < 4.78 is 49.3. The number of phenols is 1. The van der Waals surface area contributed by atoms with Gasteiger partial charge in [0.15, 0.2) is 17.6 Å². The molecule has 2 aliphatic heterocycles. The zero-order chi connectivity index (χ0) is 59.6. The molecule has 0 aromatic heterocycles. The average Bonchev–Trinajstić information content (AvgIpc) is 2.09. The van der Waals surface area contributed by atoms with Gasteiger partial charge in [0, 0.05) is 44.3 Å². The minimum atomic E-state index is -4.96. The summed E-state index contributed by atoms with van der Waals surface area (Å²) in [4.78, 5) is 54.1. The molecule has 0 saturated carbocycles. The molecule has 13 nitrogen and oxygen atoms in total. The highest BCUT2D eigenvalue weighted by Gasteiger charge is 2.53. The first-order valence-corrected chi connectivity index (χ1v) is 36.0. The number of phosphoric ester groups is 1. The Morgan fingerprint density at radius 3 is 1.41 bits per heavy atom. The third kappa shape index (κ3) is 31.0. The second-order valence-electron chi connectivity index (χ2n) is 24.9. The number of rotatable bonds is 54. The molecule has 1 aromatic carbocycles. The van der Waals surface area contributed by atoms with Crippen LogP contribution in [0.15, 0.2) is 23.8 Å². The molecule has 14 heteroatoms. The molecule has 2 unspecified atom stereocenters. The minimum absolute atomic E-state index is 0.0512. The summed E-state index contributed by atoms with van der Waals surface area (Å²) in [7, 11) is -3.46. The lowest BCUT2D eigenvalue weighted by Gasteiger charge is -2.46. The molecule has 83 heavy (non-hydrogen) atoms. The van der Waals surface area contributed by atoms with Crippen LogP contribution in [0.4, 0.5) is 0 Å². The Balaban J connectivity index is 1.33. The smallest absolute Gasteiger partial charge is 0.473 e. The van der Waals surface area contributed by atoms with E-state index >= 15 is 0 Å². The number of hydrogen-bond donors (Lipinski definition) is 2. The number of methoxy groups -OCH3 is 1. The Kier molecular flexibility index (Phi) is 39.6. The summed E-state index contributed by atoms with van der Waals surface area (Å²) in [6.07, 6.45) is 48.7. The summed E-state index contributed by atoms with van der Waals surface area (Å²) in [5.74, 6) is -1.58. The van der Waals surface area contributed by atoms with Crippen molar-refractivity contribution in [2.75, 3.05) is 26.9 Å². The summed E-state index contributed by atoms with van der Waals surface area (Å²) in [6.45, 7) is 7.18. The molecule has 478 valence electrons. The highest BCUT2D eigenvalue weighted by atomic mass is 31.2. The van der Waals surface area contributed by atoms with E-state index in [1.54, 1.807) is 12.1 Å². The fourth-order valence-corrected chi connectivity index (χ4v) is 13.6. The normalized spacial score (nSPS) is 18.5. The summed E-state index contributed by atoms with van der Waals surface area (Å²) in [5, 5.41) is 11.1. The van der Waals surface area contributed by atoms with Crippen LogP contribution in [0.3, 0.4) is 0 Å². The molecule has 0 radical (unpaired) electrons. The van der Waals surface area contributed by atoms with Crippen LogP contribution in [0.5, 0.6) is 11.5 Å². The number of phosphoric acid groups is 1. The molecule has 0 bridgehead atoms. The van der Waals surface area contributed by atoms with Gasteiger partial charge in [-0.1, -0.05) is 276 Å². The minimum Gasteiger partial charge on any atom is -0.504 e. The van der Waals surface area contributed by atoms with Crippen molar-refractivity contribution >= 4 is 25.7 Å². The van der Waals surface area contributed by atoms with Gasteiger partial charge in [0.1, 0.15) is 18.8 Å². The largest absolute Gasteiger partial charge is 0.504 e. The molecule has 0 amide bonds. The fourth-order valence-electron chi connectivity index (χ4n) is 12.7. The first-order valence-electron chi connectivity index (χ1n) is 34.5. The maximum absolute atomic E-state index is 14.2. The van der Waals surface area contributed by atoms with Crippen molar-refractivity contribution in [3.05, 3.63) is 34.9 Å². The van der Waals surface area contributed by atoms with E-state index < -0.39 is 56.6 Å². The van der Waals surface area contributed by atoms with Gasteiger partial charge in [-0.3, -0.25) is 28.3 Å². The summed E-state index contributed by atoms with van der Waals surface area (Å²) >= 11 is 0. The van der Waals surface area contributed by atoms with E-state index in [4.69, 9.17) is 28.0 Å². The zero-order valence-corrected chi connectivity index (χ0v) is 54.0. The topological polar surface area (TPSA) is 167 Å². The molecule has 6 atom stereocenters. The lowest BCUT2D eigenvalue weighted by molar-refractivity contribution is -0.161. The molecule has 1 aromatic rings. The van der Waals surface area contributed by atoms with E-state index in [1.165, 1.54) is 193 Å². The number of carbonyl (C=O) groups excluding carboxylic acids is 3. The average molecular weight is 1190 g/mol. The Labute approximate surface area is 505 Å². The van der Waals surface area contributed by atoms with Crippen molar-refractivity contribution in [3.63, 3.8) is 0 Å². The van der Waals surface area contributed by atoms with E-state index in [0.717, 1.165) is 81.0 Å². The van der Waals surface area contributed by atoms with E-state index in [2.05, 4.69) is 25.7 Å². The first kappa shape index (κ1) is 72.5. The van der Waals surface area contributed by atoms with Crippen LogP contribution in [-0.2, 0) is 48.8 Å². The fraction of sp³-hybridized carbons (Fsp3) is 0.841. The molecule has 1 saturated heterocycles. The number of ether oxygens (including phenoxy) is 4. The van der Waals surface area contributed by atoms with Gasteiger partial charge in [0.25, 0.3) is 0 Å². The van der Waals surface area contributed by atoms with Crippen LogP contribution < -0.4 is 4.74 Å². The van der Waals surface area contributed by atoms with Crippen LogP contribution in [-0.4, -0.2) is 84.0 Å². The standard InChI is InChI=1S/C69H120NO12P/c1-5-8-11-14-17-20-23-26-27-30-33-35-38-41-44-47-65(73)80-59(55-78-64(72)46-43-40-37-34-31-28-24-21-18-15-12-9-6-2)56-79-83(75,76)82-63-51-57-49-50-70-54-58-52-62(77-4)61(71)53-60(58)67(68(57)70)69(63)81-66(74)48-45-42-39-36-32-29-25-22-19-16-13-10-7-3/h51-53,59,63,67-69,71H,5-50,54-56H2,1-4H3,(H,75,76)/t59?,63-,67-,68+,69+/m0/s1. The zero-order valence-electron chi connectivity index (χ0n) is 53.1. The number of unbranched alkanes of at least 4 members (excludes halogenated alkanes) is 38. The Hall–Kier alpha value is -2.96. The van der Waals surface area contributed by atoms with Gasteiger partial charge in [-0.25, -0.2) is 4.57 Å². The van der Waals surface area contributed by atoms with E-state index in [0.29, 0.717) is 38.0 Å². The van der Waals surface area contributed by atoms with Gasteiger partial charge in [0.2, 0.25) is 0 Å². The Morgan fingerprint density at radius 2 is 0.976 bits per heavy atom. The number of carbonyl (C=O) groups is 3. The van der Waals surface area contributed by atoms with Crippen molar-refractivity contribution in [2.24, 2.45) is 0 Å². The maximum atomic E-state index is 14.2. The number of aromatic hydroxyl groups is 1. The molecule has 4 rings (SSSR count). The van der Waals surface area contributed by atoms with Crippen molar-refractivity contribution in [2.45, 2.75) is 347 Å². The van der Waals surface area contributed by atoms with Crippen molar-refractivity contribution < 1.29 is 56.9 Å². The third-order valence-electron chi connectivity index (χ3n) is 17.7. The molecule has 1 fully saturated rings. The molecule has 2 N–H and O–H groups in total. The number of esters is 3. The number of benzene rings is 1. The molecular weight excluding hydrogens is 1070 g/mol. The van der Waals surface area contributed by atoms with Crippen LogP contribution in [0.25, 0.3) is 0 Å². The SMILES string of the molecule is CCCCCCCCCCCCCCCCCC(=O)OC(COC(=O)CCCCCCCCCCCCCCC)COP(=O)(O)O[C@H]1C=C2CCN3Cc4cc(OC)c(O)cc4[C@H]([C@@H]1OC(=O)CCCCCCCCCCCCCCC)[C@@H]23. The van der Waals surface area contributed by atoms with Gasteiger partial charge >= 0.3 is 25.7 Å². The molecule has 1 aliphatic carbocycles. The van der Waals surface area contributed by atoms with Gasteiger partial charge in [-0.15, -0.1) is 0 Å². The lowest BCUT2D eigenvalue weighted by atomic mass is 9.73. The molecule has 2 heterocycles. The number of phenolic OH excluding ortho intramolecular Hbond substituents is 1. The molecule has 0 spiro atoms. The van der Waals surface area contributed by atoms with Gasteiger partial charge in [0.05, 0.1) is 13.7 Å². The highest BCUT2D eigenvalue weighted by molar-refractivity contribution is 7.47. The van der Waals surface area contributed by atoms with Crippen LogP contribution in [0, 0.1) is 0 Å². The third-order valence-corrected chi connectivity index (χ3v) is 18.6. The van der Waals surface area contributed by atoms with Crippen molar-refractivity contribution in [1.29, 1.82) is 0 Å². The monoisotopic (exact) mass is 1190 g/mol. The van der Waals surface area contributed by atoms with Crippen LogP contribution >= 0.6 is 7.82 Å².